The first kappa shape index (κ1) is 22.2. The van der Waals surface area contributed by atoms with Crippen molar-refractivity contribution in [2.75, 3.05) is 30.3 Å². The van der Waals surface area contributed by atoms with Crippen LogP contribution < -0.4 is 10.6 Å². The summed E-state index contributed by atoms with van der Waals surface area (Å²) in [6.07, 6.45) is 12.0. The van der Waals surface area contributed by atoms with Gasteiger partial charge in [-0.3, -0.25) is 0 Å². The van der Waals surface area contributed by atoms with E-state index in [2.05, 4.69) is 30.5 Å². The number of nitrogens with one attached hydrogen (secondary N) is 2. The van der Waals surface area contributed by atoms with Crippen LogP contribution in [0.5, 0.6) is 0 Å². The van der Waals surface area contributed by atoms with Gasteiger partial charge in [-0.15, -0.1) is 0 Å². The molecule has 1 aliphatic heterocycles. The lowest BCUT2D eigenvalue weighted by Gasteiger charge is -2.34. The fraction of sp³-hybridized carbons (Fsp3) is 0.500. The van der Waals surface area contributed by atoms with E-state index in [9.17, 15) is 4.39 Å². The van der Waals surface area contributed by atoms with Crippen LogP contribution >= 0.6 is 11.6 Å². The van der Waals surface area contributed by atoms with Crippen molar-refractivity contribution in [2.24, 2.45) is 5.92 Å². The zero-order valence-electron chi connectivity index (χ0n) is 18.6. The average molecular weight is 470 g/mol. The van der Waals surface area contributed by atoms with Crippen LogP contribution in [-0.4, -0.2) is 50.5 Å². The quantitative estimate of drug-likeness (QED) is 0.499. The van der Waals surface area contributed by atoms with Gasteiger partial charge in [0.05, 0.1) is 11.2 Å². The van der Waals surface area contributed by atoms with Gasteiger partial charge in [0, 0.05) is 18.3 Å². The average Bonchev–Trinajstić information content (AvgIpc) is 2.84. The maximum atomic E-state index is 13.5. The van der Waals surface area contributed by atoms with E-state index in [4.69, 9.17) is 16.6 Å². The Kier molecular flexibility index (Phi) is 6.83. The predicted octanol–water partition coefficient (Wildman–Crippen LogP) is 5.41. The molecule has 0 spiro atoms. The molecule has 5 rings (SSSR count). The molecule has 0 bridgehead atoms. The number of hydrogen-bond acceptors (Lipinski definition) is 7. The highest BCUT2D eigenvalue weighted by Crippen LogP contribution is 2.29. The van der Waals surface area contributed by atoms with Gasteiger partial charge in [0.15, 0.2) is 5.82 Å². The Balaban J connectivity index is 1.24. The van der Waals surface area contributed by atoms with Crippen molar-refractivity contribution in [3.63, 3.8) is 0 Å². The van der Waals surface area contributed by atoms with Gasteiger partial charge < -0.3 is 15.5 Å². The predicted molar refractivity (Wildman–Crippen MR) is 129 cm³/mol. The van der Waals surface area contributed by atoms with E-state index in [0.29, 0.717) is 34.5 Å². The van der Waals surface area contributed by atoms with Gasteiger partial charge in [0.2, 0.25) is 5.95 Å². The topological polar surface area (TPSA) is 78.9 Å². The second-order valence-corrected chi connectivity index (χ2v) is 9.53. The number of benzene rings is 1. The summed E-state index contributed by atoms with van der Waals surface area (Å²) in [4.78, 5) is 20.4. The number of anilines is 3. The second-order valence-electron chi connectivity index (χ2n) is 9.13. The van der Waals surface area contributed by atoms with Crippen molar-refractivity contribution >= 4 is 40.1 Å². The fourth-order valence-corrected chi connectivity index (χ4v) is 5.09. The van der Waals surface area contributed by atoms with Crippen molar-refractivity contribution in [1.82, 2.24) is 24.8 Å². The van der Waals surface area contributed by atoms with Crippen molar-refractivity contribution in [1.29, 1.82) is 0 Å². The number of nitrogens with zero attached hydrogens (tertiary/aromatic N) is 5. The third kappa shape index (κ3) is 5.50. The monoisotopic (exact) mass is 469 g/mol. The molecule has 2 fully saturated rings. The van der Waals surface area contributed by atoms with Crippen LogP contribution in [0.25, 0.3) is 11.0 Å². The van der Waals surface area contributed by atoms with Crippen molar-refractivity contribution in [2.45, 2.75) is 51.0 Å². The zero-order valence-corrected chi connectivity index (χ0v) is 19.4. The minimum Gasteiger partial charge on any atom is -0.351 e. The Morgan fingerprint density at radius 2 is 1.85 bits per heavy atom. The van der Waals surface area contributed by atoms with Crippen LogP contribution in [0.2, 0.25) is 5.02 Å². The summed E-state index contributed by atoms with van der Waals surface area (Å²) in [5.41, 5.74) is 1.87. The molecule has 1 saturated heterocycles. The fourth-order valence-electron chi connectivity index (χ4n) is 4.90. The number of likely N-dealkylation sites (tertiary alicyclic amines) is 1. The summed E-state index contributed by atoms with van der Waals surface area (Å²) in [5.74, 6) is 1.44. The van der Waals surface area contributed by atoms with Crippen molar-refractivity contribution < 1.29 is 4.39 Å². The highest BCUT2D eigenvalue weighted by atomic mass is 35.5. The third-order valence-electron chi connectivity index (χ3n) is 6.70. The van der Waals surface area contributed by atoms with Gasteiger partial charge in [-0.1, -0.05) is 18.0 Å². The van der Waals surface area contributed by atoms with Gasteiger partial charge >= 0.3 is 0 Å². The molecule has 2 aromatic heterocycles. The standard InChI is InChI=1S/C24H29ClFN7/c25-19-12-18(8-9-20(19)26)30-23-22-21(28-15-29-23)13-27-24(32-22)31-17-6-4-16(5-7-17)14-33-10-2-1-3-11-33/h8-9,12-13,15-17H,1-7,10-11,14H2,(H,27,31,32)(H,28,29,30). The molecule has 33 heavy (non-hydrogen) atoms. The zero-order chi connectivity index (χ0) is 22.6. The summed E-state index contributed by atoms with van der Waals surface area (Å²) in [7, 11) is 0. The van der Waals surface area contributed by atoms with E-state index in [0.717, 1.165) is 18.8 Å². The normalized spacial score (nSPS) is 21.8. The molecule has 0 atom stereocenters. The van der Waals surface area contributed by atoms with E-state index in [-0.39, 0.29) is 5.02 Å². The molecule has 1 aliphatic carbocycles. The SMILES string of the molecule is Fc1ccc(Nc2ncnc3cnc(NC4CCC(CN5CCCCC5)CC4)nc23)cc1Cl. The van der Waals surface area contributed by atoms with Crippen LogP contribution in [0.3, 0.4) is 0 Å². The molecule has 174 valence electrons. The van der Waals surface area contributed by atoms with Gasteiger partial charge in [-0.05, 0) is 75.7 Å². The lowest BCUT2D eigenvalue weighted by atomic mass is 9.85. The first-order chi connectivity index (χ1) is 16.1. The molecule has 7 nitrogen and oxygen atoms in total. The van der Waals surface area contributed by atoms with Crippen molar-refractivity contribution in [3.8, 4) is 0 Å². The molecule has 9 heteroatoms. The summed E-state index contributed by atoms with van der Waals surface area (Å²) in [5, 5.41) is 6.73. The first-order valence-corrected chi connectivity index (χ1v) is 12.2. The van der Waals surface area contributed by atoms with E-state index < -0.39 is 5.82 Å². The number of rotatable bonds is 6. The summed E-state index contributed by atoms with van der Waals surface area (Å²) < 4.78 is 13.5. The van der Waals surface area contributed by atoms with E-state index in [1.165, 1.54) is 70.2 Å². The lowest BCUT2D eigenvalue weighted by Crippen LogP contribution is -2.37. The minimum atomic E-state index is -0.464. The van der Waals surface area contributed by atoms with Crippen molar-refractivity contribution in [3.05, 3.63) is 41.6 Å². The lowest BCUT2D eigenvalue weighted by molar-refractivity contribution is 0.171. The number of piperidine rings is 1. The molecule has 2 N–H and O–H groups in total. The van der Waals surface area contributed by atoms with Crippen LogP contribution in [0, 0.1) is 11.7 Å². The molecular weight excluding hydrogens is 441 g/mol. The molecule has 0 amide bonds. The van der Waals surface area contributed by atoms with E-state index in [1.807, 2.05) is 0 Å². The molecule has 3 aromatic rings. The smallest absolute Gasteiger partial charge is 0.223 e. The number of halogens is 2. The van der Waals surface area contributed by atoms with Gasteiger partial charge in [-0.25, -0.2) is 24.3 Å². The molecule has 2 aliphatic rings. The number of hydrogen-bond donors (Lipinski definition) is 2. The summed E-state index contributed by atoms with van der Waals surface area (Å²) in [6.45, 7) is 3.79. The molecule has 3 heterocycles. The molecule has 0 unspecified atom stereocenters. The number of fused-ring (bicyclic) bond motifs is 1. The van der Waals surface area contributed by atoms with Crippen LogP contribution in [0.4, 0.5) is 21.8 Å². The highest BCUT2D eigenvalue weighted by Gasteiger charge is 2.24. The van der Waals surface area contributed by atoms with E-state index in [1.54, 1.807) is 12.3 Å². The van der Waals surface area contributed by atoms with Gasteiger partial charge in [-0.2, -0.15) is 0 Å². The van der Waals surface area contributed by atoms with Crippen LogP contribution in [0.15, 0.2) is 30.7 Å². The summed E-state index contributed by atoms with van der Waals surface area (Å²) in [6, 6.07) is 4.82. The first-order valence-electron chi connectivity index (χ1n) is 11.8. The maximum absolute atomic E-state index is 13.5. The maximum Gasteiger partial charge on any atom is 0.223 e. The summed E-state index contributed by atoms with van der Waals surface area (Å²) >= 11 is 5.91. The molecule has 0 radical (unpaired) electrons. The molecule has 1 aromatic carbocycles. The van der Waals surface area contributed by atoms with E-state index >= 15 is 0 Å². The second kappa shape index (κ2) is 10.1. The van der Waals surface area contributed by atoms with Crippen LogP contribution in [0.1, 0.15) is 44.9 Å². The highest BCUT2D eigenvalue weighted by molar-refractivity contribution is 6.31. The largest absolute Gasteiger partial charge is 0.351 e. The molecule has 1 saturated carbocycles. The minimum absolute atomic E-state index is 0.0474. The third-order valence-corrected chi connectivity index (χ3v) is 6.99. The Labute approximate surface area is 198 Å². The van der Waals surface area contributed by atoms with Gasteiger partial charge in [0.1, 0.15) is 23.2 Å². The Morgan fingerprint density at radius 3 is 2.64 bits per heavy atom. The van der Waals surface area contributed by atoms with Gasteiger partial charge in [0.25, 0.3) is 0 Å². The van der Waals surface area contributed by atoms with Crippen LogP contribution in [-0.2, 0) is 0 Å². The Bertz CT molecular complexity index is 1100. The Morgan fingerprint density at radius 1 is 1.03 bits per heavy atom. The molecular formula is C24H29ClFN7. The Hall–Kier alpha value is -2.58. The number of aromatic nitrogens is 4.